The van der Waals surface area contributed by atoms with Gasteiger partial charge in [-0.3, -0.25) is 9.78 Å². The van der Waals surface area contributed by atoms with Crippen LogP contribution in [0.3, 0.4) is 0 Å². The predicted molar refractivity (Wildman–Crippen MR) is 89.8 cm³/mol. The van der Waals surface area contributed by atoms with E-state index in [9.17, 15) is 18.0 Å². The van der Waals surface area contributed by atoms with Crippen molar-refractivity contribution in [1.82, 2.24) is 4.98 Å². The van der Waals surface area contributed by atoms with Gasteiger partial charge in [0, 0.05) is 17.5 Å². The Hall–Kier alpha value is -2.87. The minimum Gasteiger partial charge on any atom is -0.408 e. The molecular formula is C16H14N2O5S. The highest BCUT2D eigenvalue weighted by Gasteiger charge is 2.10. The average Bonchev–Trinajstić information content (AvgIpc) is 2.85. The van der Waals surface area contributed by atoms with Gasteiger partial charge in [-0.25, -0.2) is 13.2 Å². The van der Waals surface area contributed by atoms with E-state index in [2.05, 4.69) is 10.3 Å². The summed E-state index contributed by atoms with van der Waals surface area (Å²) in [5.74, 6) is -1.08. The monoisotopic (exact) mass is 346 g/mol. The maximum Gasteiger partial charge on any atom is 0.417 e. The fourth-order valence-electron chi connectivity index (χ4n) is 2.34. The zero-order valence-electron chi connectivity index (χ0n) is 12.7. The number of H-pyrrole nitrogens is 1. The van der Waals surface area contributed by atoms with Gasteiger partial charge in [-0.15, -0.1) is 0 Å². The van der Waals surface area contributed by atoms with E-state index in [0.717, 1.165) is 6.26 Å². The first-order chi connectivity index (χ1) is 11.3. The molecule has 0 aliphatic rings. The maximum absolute atomic E-state index is 12.3. The van der Waals surface area contributed by atoms with Gasteiger partial charge in [0.2, 0.25) is 0 Å². The summed E-state index contributed by atoms with van der Waals surface area (Å²) in [6.07, 6.45) is 1.14. The number of aromatic nitrogens is 1. The summed E-state index contributed by atoms with van der Waals surface area (Å²) in [6.45, 7) is 0. The molecule has 0 bridgehead atoms. The van der Waals surface area contributed by atoms with Crippen LogP contribution in [-0.4, -0.2) is 25.6 Å². The number of hydrogen-bond donors (Lipinski definition) is 2. The predicted octanol–water partition coefficient (Wildman–Crippen LogP) is 1.92. The van der Waals surface area contributed by atoms with Crippen molar-refractivity contribution in [1.29, 1.82) is 0 Å². The van der Waals surface area contributed by atoms with Crippen molar-refractivity contribution in [2.75, 3.05) is 11.6 Å². The molecule has 0 aliphatic heterocycles. The fourth-order valence-corrected chi connectivity index (χ4v) is 3.12. The molecule has 8 heteroatoms. The first kappa shape index (κ1) is 16.0. The van der Waals surface area contributed by atoms with E-state index < -0.39 is 15.6 Å². The summed E-state index contributed by atoms with van der Waals surface area (Å²) >= 11 is 0. The third-order valence-corrected chi connectivity index (χ3v) is 4.15. The number of sulfone groups is 1. The number of benzene rings is 2. The number of oxazole rings is 1. The lowest BCUT2D eigenvalue weighted by atomic mass is 10.1. The molecule has 2 N–H and O–H groups in total. The molecule has 24 heavy (non-hydrogen) atoms. The molecule has 0 spiro atoms. The van der Waals surface area contributed by atoms with Crippen molar-refractivity contribution in [3.8, 4) is 0 Å². The van der Waals surface area contributed by atoms with Gasteiger partial charge in [0.15, 0.2) is 15.4 Å². The summed E-state index contributed by atoms with van der Waals surface area (Å²) in [6, 6.07) is 11.2. The minimum absolute atomic E-state index is 0.129. The third kappa shape index (κ3) is 3.72. The molecule has 3 rings (SSSR count). The molecule has 3 aromatic rings. The largest absolute Gasteiger partial charge is 0.417 e. The lowest BCUT2D eigenvalue weighted by Crippen LogP contribution is -2.12. The quantitative estimate of drug-likeness (QED) is 0.750. The molecule has 0 radical (unpaired) electrons. The van der Waals surface area contributed by atoms with E-state index in [-0.39, 0.29) is 11.7 Å². The van der Waals surface area contributed by atoms with E-state index in [4.69, 9.17) is 4.42 Å². The zero-order valence-corrected chi connectivity index (χ0v) is 13.5. The maximum atomic E-state index is 12.3. The second-order valence-electron chi connectivity index (χ2n) is 5.45. The lowest BCUT2D eigenvalue weighted by Gasteiger charge is -2.07. The highest BCUT2D eigenvalue weighted by molar-refractivity contribution is 7.89. The molecule has 1 aromatic heterocycles. The Balaban J connectivity index is 1.83. The van der Waals surface area contributed by atoms with Crippen LogP contribution in [0, 0.1) is 0 Å². The van der Waals surface area contributed by atoms with Crippen LogP contribution in [0.15, 0.2) is 51.7 Å². The van der Waals surface area contributed by atoms with Gasteiger partial charge in [-0.2, -0.15) is 0 Å². The summed E-state index contributed by atoms with van der Waals surface area (Å²) in [4.78, 5) is 26.0. The van der Waals surface area contributed by atoms with Gasteiger partial charge in [0.05, 0.1) is 11.3 Å². The Kier molecular flexibility index (Phi) is 3.98. The molecule has 0 fully saturated rings. The molecular weight excluding hydrogens is 332 g/mol. The van der Waals surface area contributed by atoms with Gasteiger partial charge in [0.25, 0.3) is 5.91 Å². The molecule has 0 unspecified atom stereocenters. The van der Waals surface area contributed by atoms with Crippen LogP contribution in [0.25, 0.3) is 11.1 Å². The molecule has 2 aromatic carbocycles. The van der Waals surface area contributed by atoms with Crippen LogP contribution in [0.1, 0.15) is 15.9 Å². The topological polar surface area (TPSA) is 109 Å². The molecule has 1 amide bonds. The smallest absolute Gasteiger partial charge is 0.408 e. The molecule has 7 nitrogen and oxygen atoms in total. The van der Waals surface area contributed by atoms with E-state index in [1.165, 1.54) is 6.07 Å². The normalized spacial score (nSPS) is 11.5. The lowest BCUT2D eigenvalue weighted by molar-refractivity contribution is 0.102. The molecule has 124 valence electrons. The number of nitrogens with one attached hydrogen (secondary N) is 2. The first-order valence-electron chi connectivity index (χ1n) is 7.01. The van der Waals surface area contributed by atoms with E-state index >= 15 is 0 Å². The fraction of sp³-hybridized carbons (Fsp3) is 0.125. The molecule has 0 saturated heterocycles. The van der Waals surface area contributed by atoms with Crippen molar-refractivity contribution in [3.63, 3.8) is 0 Å². The van der Waals surface area contributed by atoms with Crippen molar-refractivity contribution in [3.05, 3.63) is 64.1 Å². The Morgan fingerprint density at radius 1 is 1.21 bits per heavy atom. The Morgan fingerprint density at radius 2 is 2.00 bits per heavy atom. The molecule has 0 atom stereocenters. The summed E-state index contributed by atoms with van der Waals surface area (Å²) in [5.41, 5.74) is 2.24. The molecule has 1 heterocycles. The SMILES string of the molecule is CS(=O)(=O)Cc1cccc(C(=O)Nc2ccc3oc(=O)[nH]c3c2)c1. The Bertz CT molecular complexity index is 1080. The standard InChI is InChI=1S/C16H14N2O5S/c1-24(21,22)9-10-3-2-4-11(7-10)15(19)17-12-5-6-14-13(8-12)18-16(20)23-14/h2-8H,9H2,1H3,(H,17,19)(H,18,20). The highest BCUT2D eigenvalue weighted by Crippen LogP contribution is 2.17. The van der Waals surface area contributed by atoms with Crippen LogP contribution < -0.4 is 11.1 Å². The van der Waals surface area contributed by atoms with Crippen molar-refractivity contribution >= 4 is 32.5 Å². The van der Waals surface area contributed by atoms with Gasteiger partial charge < -0.3 is 9.73 Å². The number of anilines is 1. The molecule has 0 saturated carbocycles. The summed E-state index contributed by atoms with van der Waals surface area (Å²) in [7, 11) is -3.18. The second-order valence-corrected chi connectivity index (χ2v) is 7.59. The van der Waals surface area contributed by atoms with Crippen molar-refractivity contribution in [2.24, 2.45) is 0 Å². The zero-order chi connectivity index (χ0) is 17.3. The van der Waals surface area contributed by atoms with Crippen molar-refractivity contribution in [2.45, 2.75) is 5.75 Å². The van der Waals surface area contributed by atoms with Crippen LogP contribution in [0.5, 0.6) is 0 Å². The summed E-state index contributed by atoms with van der Waals surface area (Å²) < 4.78 is 27.6. The Labute approximate surface area is 137 Å². The van der Waals surface area contributed by atoms with Crippen LogP contribution >= 0.6 is 0 Å². The van der Waals surface area contributed by atoms with E-state index in [1.54, 1.807) is 36.4 Å². The number of carbonyl (C=O) groups excluding carboxylic acids is 1. The van der Waals surface area contributed by atoms with Gasteiger partial charge in [-0.05, 0) is 35.9 Å². The van der Waals surface area contributed by atoms with E-state index in [0.29, 0.717) is 27.9 Å². The summed E-state index contributed by atoms with van der Waals surface area (Å²) in [5, 5.41) is 2.70. The van der Waals surface area contributed by atoms with E-state index in [1.807, 2.05) is 0 Å². The second kappa shape index (κ2) is 5.97. The number of amides is 1. The van der Waals surface area contributed by atoms with Crippen LogP contribution in [0.4, 0.5) is 5.69 Å². The van der Waals surface area contributed by atoms with Gasteiger partial charge in [0.1, 0.15) is 0 Å². The third-order valence-electron chi connectivity index (χ3n) is 3.29. The van der Waals surface area contributed by atoms with Crippen LogP contribution in [-0.2, 0) is 15.6 Å². The van der Waals surface area contributed by atoms with Gasteiger partial charge >= 0.3 is 5.76 Å². The Morgan fingerprint density at radius 3 is 2.75 bits per heavy atom. The van der Waals surface area contributed by atoms with Crippen LogP contribution in [0.2, 0.25) is 0 Å². The number of hydrogen-bond acceptors (Lipinski definition) is 5. The van der Waals surface area contributed by atoms with Crippen molar-refractivity contribution < 1.29 is 17.6 Å². The first-order valence-corrected chi connectivity index (χ1v) is 9.07. The van der Waals surface area contributed by atoms with Gasteiger partial charge in [-0.1, -0.05) is 12.1 Å². The number of rotatable bonds is 4. The highest BCUT2D eigenvalue weighted by atomic mass is 32.2. The average molecular weight is 346 g/mol. The number of aromatic amines is 1. The molecule has 0 aliphatic carbocycles. The minimum atomic E-state index is -3.18. The number of carbonyl (C=O) groups is 1. The number of fused-ring (bicyclic) bond motifs is 1.